The number of aliphatic imine (C=N–C) groups is 1. The molecule has 2 rings (SSSR count). The summed E-state index contributed by atoms with van der Waals surface area (Å²) in [6.45, 7) is 7.95. The Bertz CT molecular complexity index is 753. The summed E-state index contributed by atoms with van der Waals surface area (Å²) in [5.41, 5.74) is 6.95. The highest BCUT2D eigenvalue weighted by molar-refractivity contribution is 8.13. The number of rotatable bonds is 5. The molecular formula is C17H22N4OS2. The monoisotopic (exact) mass is 362 g/mol. The molecule has 128 valence electrons. The first-order valence-electron chi connectivity index (χ1n) is 7.63. The first-order chi connectivity index (χ1) is 11.3. The minimum atomic E-state index is -0.514. The van der Waals surface area contributed by atoms with Gasteiger partial charge < -0.3 is 11.1 Å². The van der Waals surface area contributed by atoms with Crippen LogP contribution in [0.15, 0.2) is 35.6 Å². The highest BCUT2D eigenvalue weighted by Crippen LogP contribution is 2.27. The first-order valence-corrected chi connectivity index (χ1v) is 9.43. The van der Waals surface area contributed by atoms with Crippen LogP contribution in [0, 0.1) is 6.92 Å². The van der Waals surface area contributed by atoms with Crippen LogP contribution in [0.2, 0.25) is 0 Å². The third-order valence-corrected chi connectivity index (χ3v) is 5.02. The van der Waals surface area contributed by atoms with Gasteiger partial charge in [-0.1, -0.05) is 18.7 Å². The van der Waals surface area contributed by atoms with Crippen LogP contribution in [0.3, 0.4) is 0 Å². The van der Waals surface area contributed by atoms with Crippen LogP contribution in [0.5, 0.6) is 0 Å². The molecule has 0 aliphatic carbocycles. The summed E-state index contributed by atoms with van der Waals surface area (Å²) >= 11 is 2.97. The largest absolute Gasteiger partial charge is 0.379 e. The van der Waals surface area contributed by atoms with Gasteiger partial charge in [-0.15, -0.1) is 11.3 Å². The Balaban J connectivity index is 2.19. The molecule has 0 atom stereocenters. The topological polar surface area (TPSA) is 80.4 Å². The standard InChI is InChI=1S/C17H22N4OS2/c1-5-23-16(18)21-17(3,4)12-8-13(10-19-9-12)20-15(22)14-7-6-11(2)24-14/h6-10H,5H2,1-4H3,(H2,18,21)(H,20,22). The van der Waals surface area contributed by atoms with E-state index in [1.54, 1.807) is 12.4 Å². The molecule has 0 saturated heterocycles. The lowest BCUT2D eigenvalue weighted by atomic mass is 9.97. The number of aromatic nitrogens is 1. The van der Waals surface area contributed by atoms with Gasteiger partial charge in [0, 0.05) is 11.1 Å². The zero-order valence-electron chi connectivity index (χ0n) is 14.3. The normalized spacial score (nSPS) is 12.2. The molecule has 7 heteroatoms. The lowest BCUT2D eigenvalue weighted by Crippen LogP contribution is -2.20. The summed E-state index contributed by atoms with van der Waals surface area (Å²) in [7, 11) is 0. The van der Waals surface area contributed by atoms with E-state index in [9.17, 15) is 4.79 Å². The second kappa shape index (κ2) is 7.81. The first kappa shape index (κ1) is 18.5. The van der Waals surface area contributed by atoms with Crippen LogP contribution < -0.4 is 11.1 Å². The molecule has 3 N–H and O–H groups in total. The van der Waals surface area contributed by atoms with Gasteiger partial charge in [0.2, 0.25) is 0 Å². The molecule has 0 fully saturated rings. The highest BCUT2D eigenvalue weighted by atomic mass is 32.2. The average molecular weight is 363 g/mol. The second-order valence-corrected chi connectivity index (χ2v) is 8.34. The number of nitrogens with zero attached hydrogens (tertiary/aromatic N) is 2. The summed E-state index contributed by atoms with van der Waals surface area (Å²) in [5.74, 6) is 0.745. The van der Waals surface area contributed by atoms with Crippen molar-refractivity contribution in [3.05, 3.63) is 45.9 Å². The van der Waals surface area contributed by atoms with E-state index in [1.807, 2.05) is 45.9 Å². The van der Waals surface area contributed by atoms with E-state index in [2.05, 4.69) is 15.3 Å². The molecule has 0 aliphatic heterocycles. The van der Waals surface area contributed by atoms with Crippen LogP contribution in [0.25, 0.3) is 0 Å². The van der Waals surface area contributed by atoms with Gasteiger partial charge in [0.15, 0.2) is 5.17 Å². The summed E-state index contributed by atoms with van der Waals surface area (Å²) < 4.78 is 0. The zero-order chi connectivity index (χ0) is 17.7. The van der Waals surface area contributed by atoms with Crippen molar-refractivity contribution in [1.29, 1.82) is 0 Å². The third kappa shape index (κ3) is 4.82. The van der Waals surface area contributed by atoms with E-state index in [0.717, 1.165) is 16.2 Å². The Labute approximate surface area is 150 Å². The molecule has 1 amide bonds. The van der Waals surface area contributed by atoms with Crippen molar-refractivity contribution < 1.29 is 4.79 Å². The minimum Gasteiger partial charge on any atom is -0.379 e. The van der Waals surface area contributed by atoms with Crippen molar-refractivity contribution in [2.24, 2.45) is 10.7 Å². The highest BCUT2D eigenvalue weighted by Gasteiger charge is 2.21. The molecule has 0 bridgehead atoms. The van der Waals surface area contributed by atoms with Gasteiger partial charge in [-0.25, -0.2) is 0 Å². The van der Waals surface area contributed by atoms with Crippen LogP contribution in [-0.4, -0.2) is 21.8 Å². The van der Waals surface area contributed by atoms with Crippen LogP contribution in [0.1, 0.15) is 40.9 Å². The molecule has 0 radical (unpaired) electrons. The molecular weight excluding hydrogens is 340 g/mol. The number of aryl methyl sites for hydroxylation is 1. The minimum absolute atomic E-state index is 0.130. The number of pyridine rings is 1. The fourth-order valence-electron chi connectivity index (χ4n) is 2.11. The number of amides is 1. The average Bonchev–Trinajstić information content (AvgIpc) is 2.94. The molecule has 0 aromatic carbocycles. The van der Waals surface area contributed by atoms with Crippen molar-refractivity contribution in [2.45, 2.75) is 33.2 Å². The Hall–Kier alpha value is -1.86. The van der Waals surface area contributed by atoms with Gasteiger partial charge in [0.25, 0.3) is 5.91 Å². The summed E-state index contributed by atoms with van der Waals surface area (Å²) in [4.78, 5) is 22.8. The molecule has 0 spiro atoms. The Morgan fingerprint density at radius 2 is 2.17 bits per heavy atom. The number of hydrogen-bond acceptors (Lipinski definition) is 5. The number of hydrogen-bond donors (Lipinski definition) is 2. The number of thioether (sulfide) groups is 1. The van der Waals surface area contributed by atoms with Crippen molar-refractivity contribution >= 4 is 39.9 Å². The van der Waals surface area contributed by atoms with Crippen LogP contribution in [0.4, 0.5) is 5.69 Å². The fraction of sp³-hybridized carbons (Fsp3) is 0.353. The molecule has 0 saturated carbocycles. The predicted octanol–water partition coefficient (Wildman–Crippen LogP) is 4.01. The van der Waals surface area contributed by atoms with Crippen LogP contribution in [-0.2, 0) is 5.54 Å². The summed E-state index contributed by atoms with van der Waals surface area (Å²) in [6.07, 6.45) is 3.38. The fourth-order valence-corrected chi connectivity index (χ4v) is 3.46. The third-order valence-electron chi connectivity index (χ3n) is 3.35. The maximum Gasteiger partial charge on any atom is 0.265 e. The molecule has 5 nitrogen and oxygen atoms in total. The van der Waals surface area contributed by atoms with Crippen molar-refractivity contribution in [3.63, 3.8) is 0 Å². The maximum atomic E-state index is 12.3. The number of nitrogens with two attached hydrogens (primary N) is 1. The Morgan fingerprint density at radius 3 is 2.79 bits per heavy atom. The van der Waals surface area contributed by atoms with Gasteiger partial charge in [0.05, 0.1) is 22.3 Å². The van der Waals surface area contributed by atoms with Gasteiger partial charge in [-0.2, -0.15) is 0 Å². The molecule has 2 heterocycles. The maximum absolute atomic E-state index is 12.3. The Morgan fingerprint density at radius 1 is 1.42 bits per heavy atom. The van der Waals surface area contributed by atoms with Gasteiger partial charge in [0.1, 0.15) is 0 Å². The van der Waals surface area contributed by atoms with E-state index in [-0.39, 0.29) is 5.91 Å². The number of anilines is 1. The number of carbonyl (C=O) groups is 1. The SMILES string of the molecule is CCSC(N)=NC(C)(C)c1cncc(NC(=O)c2ccc(C)s2)c1. The molecule has 2 aromatic heterocycles. The lowest BCUT2D eigenvalue weighted by Gasteiger charge is -2.21. The molecule has 0 unspecified atom stereocenters. The molecule has 24 heavy (non-hydrogen) atoms. The number of amidine groups is 1. The number of carbonyl (C=O) groups excluding carboxylic acids is 1. The number of thiophene rings is 1. The van der Waals surface area contributed by atoms with Gasteiger partial charge >= 0.3 is 0 Å². The summed E-state index contributed by atoms with van der Waals surface area (Å²) in [5, 5.41) is 3.43. The van der Waals surface area contributed by atoms with Gasteiger partial charge in [-0.3, -0.25) is 14.8 Å². The smallest absolute Gasteiger partial charge is 0.265 e. The van der Waals surface area contributed by atoms with E-state index < -0.39 is 5.54 Å². The van der Waals surface area contributed by atoms with Gasteiger partial charge in [-0.05, 0) is 50.3 Å². The predicted molar refractivity (Wildman–Crippen MR) is 104 cm³/mol. The van der Waals surface area contributed by atoms with Crippen molar-refractivity contribution in [1.82, 2.24) is 4.98 Å². The molecule has 2 aromatic rings. The van der Waals surface area contributed by atoms with E-state index in [0.29, 0.717) is 15.7 Å². The van der Waals surface area contributed by atoms with Crippen LogP contribution >= 0.6 is 23.1 Å². The lowest BCUT2D eigenvalue weighted by molar-refractivity contribution is 0.103. The van der Waals surface area contributed by atoms with Crippen molar-refractivity contribution in [3.8, 4) is 0 Å². The van der Waals surface area contributed by atoms with Crippen molar-refractivity contribution in [2.75, 3.05) is 11.1 Å². The number of nitrogens with one attached hydrogen (secondary N) is 1. The Kier molecular flexibility index (Phi) is 6.01. The van der Waals surface area contributed by atoms with E-state index >= 15 is 0 Å². The van der Waals surface area contributed by atoms with E-state index in [1.165, 1.54) is 23.1 Å². The summed E-state index contributed by atoms with van der Waals surface area (Å²) in [6, 6.07) is 5.64. The van der Waals surface area contributed by atoms with E-state index in [4.69, 9.17) is 5.73 Å². The second-order valence-electron chi connectivity index (χ2n) is 5.77. The quantitative estimate of drug-likeness (QED) is 0.622. The zero-order valence-corrected chi connectivity index (χ0v) is 15.9. The molecule has 0 aliphatic rings.